The number of rotatable bonds is 39. The van der Waals surface area contributed by atoms with Crippen molar-refractivity contribution in [3.05, 3.63) is 0 Å². The molecule has 0 fully saturated rings. The largest absolute Gasteiger partial charge is 0.472 e. The van der Waals surface area contributed by atoms with Gasteiger partial charge in [0.25, 0.3) is 0 Å². The molecular weight excluding hydrogens is 637 g/mol. The molecule has 0 aliphatic rings. The maximum absolute atomic E-state index is 12.6. The molecule has 9 heteroatoms. The smallest absolute Gasteiger partial charge is 0.457 e. The first-order chi connectivity index (χ1) is 23.6. The highest BCUT2D eigenvalue weighted by Gasteiger charge is 2.26. The van der Waals surface area contributed by atoms with Crippen molar-refractivity contribution in [1.29, 1.82) is 0 Å². The van der Waals surface area contributed by atoms with Gasteiger partial charge in [0.2, 0.25) is 0 Å². The summed E-state index contributed by atoms with van der Waals surface area (Å²) < 4.78 is 34.9. The second kappa shape index (κ2) is 34.6. The molecule has 0 saturated heterocycles. The zero-order valence-corrected chi connectivity index (χ0v) is 34.1. The van der Waals surface area contributed by atoms with Crippen molar-refractivity contribution in [2.24, 2.45) is 0 Å². The normalized spacial score (nSPS) is 13.8. The van der Waals surface area contributed by atoms with Crippen LogP contribution in [0.4, 0.5) is 0 Å². The van der Waals surface area contributed by atoms with Crippen LogP contribution in [0, 0.1) is 0 Å². The van der Waals surface area contributed by atoms with Crippen LogP contribution in [0.15, 0.2) is 0 Å². The van der Waals surface area contributed by atoms with Crippen molar-refractivity contribution in [3.8, 4) is 0 Å². The van der Waals surface area contributed by atoms with Gasteiger partial charge in [0.05, 0.1) is 34.4 Å². The monoisotopic (exact) mass is 721 g/mol. The first-order valence-electron chi connectivity index (χ1n) is 20.8. The molecule has 0 bridgehead atoms. The van der Waals surface area contributed by atoms with Crippen LogP contribution in [0.5, 0.6) is 0 Å². The summed E-state index contributed by atoms with van der Waals surface area (Å²) in [5.41, 5.74) is 0. The maximum atomic E-state index is 12.6. The van der Waals surface area contributed by atoms with Crippen LogP contribution in [-0.2, 0) is 27.9 Å². The Morgan fingerprint density at radius 1 is 0.551 bits per heavy atom. The second-order valence-corrected chi connectivity index (χ2v) is 16.8. The van der Waals surface area contributed by atoms with Gasteiger partial charge in [0.15, 0.2) is 0 Å². The van der Waals surface area contributed by atoms with Gasteiger partial charge in [-0.25, -0.2) is 4.57 Å². The van der Waals surface area contributed by atoms with Crippen LogP contribution in [0.1, 0.15) is 194 Å². The number of nitrogens with zero attached hydrogens (tertiary/aromatic N) is 1. The Morgan fingerprint density at radius 3 is 1.35 bits per heavy atom. The van der Waals surface area contributed by atoms with E-state index < -0.39 is 13.9 Å². The zero-order valence-electron chi connectivity index (χ0n) is 33.2. The number of carbonyl (C=O) groups is 1. The van der Waals surface area contributed by atoms with Crippen LogP contribution in [0.25, 0.3) is 0 Å². The topological polar surface area (TPSA) is 91.3 Å². The van der Waals surface area contributed by atoms with Crippen molar-refractivity contribution in [3.63, 3.8) is 0 Å². The fourth-order valence-corrected chi connectivity index (χ4v) is 6.65. The number of phosphoric acid groups is 1. The zero-order chi connectivity index (χ0) is 36.3. The lowest BCUT2D eigenvalue weighted by Crippen LogP contribution is -2.37. The molecule has 0 rings (SSSR count). The minimum atomic E-state index is -4.26. The van der Waals surface area contributed by atoms with E-state index in [9.17, 15) is 14.3 Å². The average molecular weight is 721 g/mol. The molecule has 0 heterocycles. The van der Waals surface area contributed by atoms with E-state index in [1.807, 2.05) is 21.1 Å². The summed E-state index contributed by atoms with van der Waals surface area (Å²) >= 11 is 0. The fraction of sp³-hybridized carbons (Fsp3) is 0.975. The quantitative estimate of drug-likeness (QED) is 0.0292. The summed E-state index contributed by atoms with van der Waals surface area (Å²) in [6, 6.07) is 0. The van der Waals surface area contributed by atoms with Crippen molar-refractivity contribution in [2.75, 3.05) is 54.1 Å². The highest BCUT2D eigenvalue weighted by molar-refractivity contribution is 7.47. The van der Waals surface area contributed by atoms with E-state index in [0.29, 0.717) is 24.1 Å². The molecule has 0 aliphatic heterocycles. The summed E-state index contributed by atoms with van der Waals surface area (Å²) in [7, 11) is 1.68. The second-order valence-electron chi connectivity index (χ2n) is 15.4. The van der Waals surface area contributed by atoms with E-state index in [1.54, 1.807) is 0 Å². The molecule has 8 nitrogen and oxygen atoms in total. The van der Waals surface area contributed by atoms with E-state index >= 15 is 0 Å². The van der Waals surface area contributed by atoms with Crippen LogP contribution in [0.2, 0.25) is 0 Å². The van der Waals surface area contributed by atoms with Gasteiger partial charge < -0.3 is 18.9 Å². The van der Waals surface area contributed by atoms with Gasteiger partial charge in [-0.1, -0.05) is 174 Å². The molecule has 0 aromatic heterocycles. The molecule has 0 aliphatic carbocycles. The summed E-state index contributed by atoms with van der Waals surface area (Å²) in [6.07, 6.45) is 34.1. The number of phosphoric ester groups is 1. The number of unbranched alkanes of at least 4 members (excludes halogenated alkanes) is 25. The molecule has 49 heavy (non-hydrogen) atoms. The lowest BCUT2D eigenvalue weighted by molar-refractivity contribution is -0.870. The number of likely N-dealkylation sites (N-methyl/N-ethyl adjacent to an activating group) is 1. The minimum Gasteiger partial charge on any atom is -0.457 e. The first kappa shape index (κ1) is 48.5. The van der Waals surface area contributed by atoms with E-state index in [4.69, 9.17) is 18.5 Å². The number of carbonyl (C=O) groups excluding carboxylic acids is 1. The number of esters is 1. The Hall–Kier alpha value is -0.500. The molecule has 0 amide bonds. The number of hydrogen-bond donors (Lipinski definition) is 1. The summed E-state index contributed by atoms with van der Waals surface area (Å²) in [4.78, 5) is 22.8. The molecule has 1 N–H and O–H groups in total. The lowest BCUT2D eigenvalue weighted by Gasteiger charge is -2.24. The predicted molar refractivity (Wildman–Crippen MR) is 206 cm³/mol. The van der Waals surface area contributed by atoms with E-state index in [0.717, 1.165) is 32.1 Å². The molecule has 2 atom stereocenters. The number of ether oxygens (including phenoxy) is 2. The van der Waals surface area contributed by atoms with Gasteiger partial charge >= 0.3 is 13.8 Å². The Balaban J connectivity index is 4.17. The van der Waals surface area contributed by atoms with Crippen molar-refractivity contribution < 1.29 is 37.3 Å². The first-order valence-corrected chi connectivity index (χ1v) is 22.3. The van der Waals surface area contributed by atoms with Crippen LogP contribution < -0.4 is 0 Å². The van der Waals surface area contributed by atoms with Crippen molar-refractivity contribution in [2.45, 2.75) is 200 Å². The van der Waals surface area contributed by atoms with Gasteiger partial charge in [-0.05, 0) is 12.8 Å². The van der Waals surface area contributed by atoms with Gasteiger partial charge in [0, 0.05) is 13.0 Å². The lowest BCUT2D eigenvalue weighted by atomic mass is 10.0. The molecule has 0 spiro atoms. The Labute approximate surface area is 304 Å². The summed E-state index contributed by atoms with van der Waals surface area (Å²) in [5.74, 6) is -0.309. The van der Waals surface area contributed by atoms with Crippen LogP contribution >= 0.6 is 7.82 Å². The molecule has 294 valence electrons. The van der Waals surface area contributed by atoms with E-state index in [-0.39, 0.29) is 25.8 Å². The molecular formula is C40H83NO7P+. The van der Waals surface area contributed by atoms with Crippen LogP contribution in [-0.4, -0.2) is 75.6 Å². The van der Waals surface area contributed by atoms with Crippen LogP contribution in [0.3, 0.4) is 0 Å². The third-order valence-electron chi connectivity index (χ3n) is 9.17. The third-order valence-corrected chi connectivity index (χ3v) is 10.2. The maximum Gasteiger partial charge on any atom is 0.472 e. The molecule has 0 saturated carbocycles. The fourth-order valence-electron chi connectivity index (χ4n) is 5.91. The number of quaternary nitrogens is 1. The van der Waals surface area contributed by atoms with Crippen molar-refractivity contribution >= 4 is 13.8 Å². The van der Waals surface area contributed by atoms with Gasteiger partial charge in [-0.15, -0.1) is 0 Å². The molecule has 2 unspecified atom stereocenters. The SMILES string of the molecule is CCCCCCCCCCCCCCCCCCCC(=O)OC(COCCCCCCCCCCCC)COP(=O)(O)OCC[N+](C)(C)C. The summed E-state index contributed by atoms with van der Waals surface area (Å²) in [6.45, 7) is 5.66. The van der Waals surface area contributed by atoms with Crippen molar-refractivity contribution in [1.82, 2.24) is 0 Å². The standard InChI is InChI=1S/C40H82NO7P/c1-6-8-10-12-14-16-18-19-20-21-22-23-24-25-27-29-31-33-40(42)48-39(38-47-49(43,44)46-36-34-41(3,4)5)37-45-35-32-30-28-26-17-15-13-11-9-7-2/h39H,6-38H2,1-5H3/p+1. The molecule has 0 aromatic carbocycles. The third kappa shape index (κ3) is 38.6. The van der Waals surface area contributed by atoms with Gasteiger partial charge in [-0.3, -0.25) is 13.8 Å². The highest BCUT2D eigenvalue weighted by Crippen LogP contribution is 2.43. The minimum absolute atomic E-state index is 0.0935. The Morgan fingerprint density at radius 2 is 0.939 bits per heavy atom. The summed E-state index contributed by atoms with van der Waals surface area (Å²) in [5, 5.41) is 0. The number of hydrogen-bond acceptors (Lipinski definition) is 6. The molecule has 0 radical (unpaired) electrons. The van der Waals surface area contributed by atoms with E-state index in [1.165, 1.54) is 141 Å². The Bertz CT molecular complexity index is 761. The van der Waals surface area contributed by atoms with E-state index in [2.05, 4.69) is 13.8 Å². The molecule has 0 aromatic rings. The predicted octanol–water partition coefficient (Wildman–Crippen LogP) is 11.7. The van der Waals surface area contributed by atoms with Gasteiger partial charge in [0.1, 0.15) is 19.3 Å². The Kier molecular flexibility index (Phi) is 34.2. The average Bonchev–Trinajstić information content (AvgIpc) is 3.04. The van der Waals surface area contributed by atoms with Gasteiger partial charge in [-0.2, -0.15) is 0 Å². The highest BCUT2D eigenvalue weighted by atomic mass is 31.2.